The average Bonchev–Trinajstić information content (AvgIpc) is 2.79. The van der Waals surface area contributed by atoms with Crippen LogP contribution < -0.4 is 15.2 Å². The number of benzene rings is 2. The minimum absolute atomic E-state index is 0.151. The highest BCUT2D eigenvalue weighted by Gasteiger charge is 2.15. The largest absolute Gasteiger partial charge is 0.438 e. The summed E-state index contributed by atoms with van der Waals surface area (Å²) in [5, 5.41) is 0. The molecule has 0 amide bonds. The van der Waals surface area contributed by atoms with Gasteiger partial charge in [-0.3, -0.25) is 0 Å². The fourth-order valence-electron chi connectivity index (χ4n) is 2.92. The van der Waals surface area contributed by atoms with E-state index >= 15 is 0 Å². The first-order chi connectivity index (χ1) is 15.1. The van der Waals surface area contributed by atoms with Crippen molar-refractivity contribution < 1.29 is 9.13 Å². The summed E-state index contributed by atoms with van der Waals surface area (Å²) in [5.74, 6) is 1.18. The van der Waals surface area contributed by atoms with E-state index in [-0.39, 0.29) is 11.8 Å². The average molecular weight is 434 g/mol. The van der Waals surface area contributed by atoms with Gasteiger partial charge in [0.1, 0.15) is 5.75 Å². The molecule has 4 rings (SSSR count). The van der Waals surface area contributed by atoms with Gasteiger partial charge in [0.05, 0.1) is 16.9 Å². The molecule has 0 radical (unpaired) electrons. The third-order valence-corrected chi connectivity index (χ3v) is 5.37. The molecule has 0 aliphatic carbocycles. The van der Waals surface area contributed by atoms with E-state index in [1.165, 1.54) is 11.9 Å². The quantitative estimate of drug-likeness (QED) is 0.366. The van der Waals surface area contributed by atoms with Crippen molar-refractivity contribution in [3.05, 3.63) is 90.0 Å². The number of nitrogens with two attached hydrogens (primary N) is 1. The predicted molar refractivity (Wildman–Crippen MR) is 122 cm³/mol. The summed E-state index contributed by atoms with van der Waals surface area (Å²) in [6.45, 7) is 1.67. The van der Waals surface area contributed by atoms with Crippen molar-refractivity contribution in [1.29, 1.82) is 0 Å². The SMILES string of the molecule is Cc1c(Oc2ncccc2-c2ccnc(N)n2)ccc(NSCc2ccccc2)c1F. The number of ether oxygens (including phenoxy) is 1. The molecule has 2 aromatic heterocycles. The van der Waals surface area contributed by atoms with Gasteiger partial charge in [-0.05, 0) is 54.8 Å². The number of halogens is 1. The van der Waals surface area contributed by atoms with E-state index in [9.17, 15) is 4.39 Å². The third-order valence-electron chi connectivity index (χ3n) is 4.53. The summed E-state index contributed by atoms with van der Waals surface area (Å²) in [7, 11) is 0. The summed E-state index contributed by atoms with van der Waals surface area (Å²) in [6, 6.07) is 18.7. The Labute approximate surface area is 183 Å². The van der Waals surface area contributed by atoms with Crippen LogP contribution in [0.5, 0.6) is 11.6 Å². The zero-order chi connectivity index (χ0) is 21.6. The Bertz CT molecular complexity index is 1190. The van der Waals surface area contributed by atoms with Crippen molar-refractivity contribution in [2.75, 3.05) is 10.5 Å². The monoisotopic (exact) mass is 433 g/mol. The molecule has 0 atom stereocenters. The molecular weight excluding hydrogens is 413 g/mol. The molecule has 2 heterocycles. The number of hydrogen-bond acceptors (Lipinski definition) is 7. The lowest BCUT2D eigenvalue weighted by Crippen LogP contribution is -2.00. The number of nitrogen functional groups attached to an aromatic ring is 1. The van der Waals surface area contributed by atoms with Gasteiger partial charge in [-0.1, -0.05) is 30.3 Å². The lowest BCUT2D eigenvalue weighted by Gasteiger charge is -2.14. The van der Waals surface area contributed by atoms with Crippen molar-refractivity contribution in [3.8, 4) is 22.9 Å². The second-order valence-corrected chi connectivity index (χ2v) is 7.47. The predicted octanol–water partition coefficient (Wildman–Crippen LogP) is 5.62. The van der Waals surface area contributed by atoms with Crippen LogP contribution in [0, 0.1) is 12.7 Å². The molecule has 0 saturated heterocycles. The molecule has 8 heteroatoms. The molecule has 156 valence electrons. The molecule has 6 nitrogen and oxygen atoms in total. The van der Waals surface area contributed by atoms with E-state index in [0.717, 1.165) is 11.3 Å². The minimum Gasteiger partial charge on any atom is -0.438 e. The van der Waals surface area contributed by atoms with Crippen LogP contribution in [0.25, 0.3) is 11.3 Å². The maximum atomic E-state index is 15.0. The maximum absolute atomic E-state index is 15.0. The Morgan fingerprint density at radius 1 is 1.00 bits per heavy atom. The smallest absolute Gasteiger partial charge is 0.228 e. The Kier molecular flexibility index (Phi) is 6.28. The van der Waals surface area contributed by atoms with Gasteiger partial charge in [-0.15, -0.1) is 0 Å². The number of rotatable bonds is 7. The molecule has 0 fully saturated rings. The fraction of sp³-hybridized carbons (Fsp3) is 0.0870. The first-order valence-electron chi connectivity index (χ1n) is 9.54. The van der Waals surface area contributed by atoms with Gasteiger partial charge >= 0.3 is 0 Å². The molecule has 0 saturated carbocycles. The molecule has 0 bridgehead atoms. The summed E-state index contributed by atoms with van der Waals surface area (Å²) in [6.07, 6.45) is 3.16. The molecular formula is C23H20FN5OS. The Balaban J connectivity index is 1.52. The lowest BCUT2D eigenvalue weighted by molar-refractivity contribution is 0.455. The van der Waals surface area contributed by atoms with Crippen molar-refractivity contribution in [2.45, 2.75) is 12.7 Å². The van der Waals surface area contributed by atoms with Crippen LogP contribution in [0.3, 0.4) is 0 Å². The van der Waals surface area contributed by atoms with Crippen LogP contribution in [-0.4, -0.2) is 15.0 Å². The zero-order valence-corrected chi connectivity index (χ0v) is 17.6. The van der Waals surface area contributed by atoms with Crippen LogP contribution in [-0.2, 0) is 5.75 Å². The van der Waals surface area contributed by atoms with Gasteiger partial charge in [0.15, 0.2) is 5.82 Å². The fourth-order valence-corrected chi connectivity index (χ4v) is 3.67. The minimum atomic E-state index is -0.373. The highest BCUT2D eigenvalue weighted by atomic mass is 32.2. The number of aromatic nitrogens is 3. The highest BCUT2D eigenvalue weighted by Crippen LogP contribution is 2.35. The van der Waals surface area contributed by atoms with Crippen molar-refractivity contribution in [1.82, 2.24) is 15.0 Å². The van der Waals surface area contributed by atoms with E-state index in [1.807, 2.05) is 36.4 Å². The molecule has 2 aromatic carbocycles. The first kappa shape index (κ1) is 20.6. The van der Waals surface area contributed by atoms with Gasteiger partial charge in [-0.25, -0.2) is 19.3 Å². The Morgan fingerprint density at radius 2 is 1.84 bits per heavy atom. The molecule has 0 aliphatic heterocycles. The van der Waals surface area contributed by atoms with Crippen LogP contribution in [0.4, 0.5) is 16.0 Å². The molecule has 31 heavy (non-hydrogen) atoms. The number of pyridine rings is 1. The van der Waals surface area contributed by atoms with Crippen LogP contribution in [0.1, 0.15) is 11.1 Å². The van der Waals surface area contributed by atoms with Crippen LogP contribution in [0.15, 0.2) is 73.1 Å². The number of nitrogens with zero attached hydrogens (tertiary/aromatic N) is 3. The summed E-state index contributed by atoms with van der Waals surface area (Å²) >= 11 is 1.42. The Morgan fingerprint density at radius 3 is 2.65 bits per heavy atom. The zero-order valence-electron chi connectivity index (χ0n) is 16.7. The number of anilines is 2. The van der Waals surface area contributed by atoms with Crippen molar-refractivity contribution in [2.24, 2.45) is 0 Å². The lowest BCUT2D eigenvalue weighted by atomic mass is 10.1. The van der Waals surface area contributed by atoms with E-state index in [2.05, 4.69) is 19.7 Å². The topological polar surface area (TPSA) is 86.0 Å². The summed E-state index contributed by atoms with van der Waals surface area (Å²) < 4.78 is 24.0. The normalized spacial score (nSPS) is 10.6. The molecule has 0 unspecified atom stereocenters. The van der Waals surface area contributed by atoms with Gasteiger partial charge in [0.2, 0.25) is 11.8 Å². The van der Waals surface area contributed by atoms with E-state index in [0.29, 0.717) is 34.1 Å². The summed E-state index contributed by atoms with van der Waals surface area (Å²) in [4.78, 5) is 12.4. The standard InChI is InChI=1S/C23H20FN5OS/c1-15-20(10-9-19(21(15)24)29-31-14-16-6-3-2-4-7-16)30-22-17(8-5-12-26-22)18-11-13-27-23(25)28-18/h2-13,29H,14H2,1H3,(H2,25,27,28). The highest BCUT2D eigenvalue weighted by molar-refractivity contribution is 7.99. The third kappa shape index (κ3) is 4.92. The second kappa shape index (κ2) is 9.44. The molecule has 0 spiro atoms. The van der Waals surface area contributed by atoms with Crippen LogP contribution >= 0.6 is 11.9 Å². The van der Waals surface area contributed by atoms with Crippen molar-refractivity contribution >= 4 is 23.6 Å². The molecule has 0 aliphatic rings. The van der Waals surface area contributed by atoms with E-state index in [4.69, 9.17) is 10.5 Å². The maximum Gasteiger partial charge on any atom is 0.228 e. The molecule has 3 N–H and O–H groups in total. The number of hydrogen-bond donors (Lipinski definition) is 2. The van der Waals surface area contributed by atoms with Gasteiger partial charge in [-0.2, -0.15) is 0 Å². The number of nitrogens with one attached hydrogen (secondary N) is 1. The Hall–Kier alpha value is -3.65. The van der Waals surface area contributed by atoms with Gasteiger partial charge < -0.3 is 15.2 Å². The second-order valence-electron chi connectivity index (χ2n) is 6.68. The van der Waals surface area contributed by atoms with Crippen molar-refractivity contribution in [3.63, 3.8) is 0 Å². The first-order valence-corrected chi connectivity index (χ1v) is 10.5. The summed E-state index contributed by atoms with van der Waals surface area (Å²) in [5.41, 5.74) is 8.84. The van der Waals surface area contributed by atoms with Gasteiger partial charge in [0.25, 0.3) is 0 Å². The van der Waals surface area contributed by atoms with E-state index < -0.39 is 0 Å². The molecule has 4 aromatic rings. The van der Waals surface area contributed by atoms with Crippen LogP contribution in [0.2, 0.25) is 0 Å². The van der Waals surface area contributed by atoms with E-state index in [1.54, 1.807) is 43.6 Å². The van der Waals surface area contributed by atoms with Gasteiger partial charge in [0, 0.05) is 23.7 Å².